The summed E-state index contributed by atoms with van der Waals surface area (Å²) in [6, 6.07) is 21.9. The summed E-state index contributed by atoms with van der Waals surface area (Å²) in [6.07, 6.45) is -0.911. The van der Waals surface area contributed by atoms with Gasteiger partial charge in [0.2, 0.25) is 10.0 Å². The van der Waals surface area contributed by atoms with Crippen molar-refractivity contribution in [3.63, 3.8) is 0 Å². The van der Waals surface area contributed by atoms with Gasteiger partial charge >= 0.3 is 18.0 Å². The number of amides is 1. The molecule has 0 aliphatic rings. The molecule has 4 aromatic rings. The lowest BCUT2D eigenvalue weighted by molar-refractivity contribution is -0.157. The predicted octanol–water partition coefficient (Wildman–Crippen LogP) is 7.23. The zero-order valence-electron chi connectivity index (χ0n) is 29.0. The number of hydrogen-bond acceptors (Lipinski definition) is 8. The number of hydrogen-bond donors (Lipinski definition) is 1. The number of nitrogens with zero attached hydrogens (tertiary/aromatic N) is 1. The van der Waals surface area contributed by atoms with Crippen LogP contribution in [0.2, 0.25) is 0 Å². The molecule has 0 saturated heterocycles. The second-order valence-corrected chi connectivity index (χ2v) is 14.5. The van der Waals surface area contributed by atoms with Crippen LogP contribution in [-0.4, -0.2) is 45.1 Å². The third-order valence-electron chi connectivity index (χ3n) is 7.91. The van der Waals surface area contributed by atoms with E-state index in [4.69, 9.17) is 14.2 Å². The van der Waals surface area contributed by atoms with Crippen LogP contribution < -0.4 is 14.4 Å². The number of carbonyl (C=O) groups excluding carboxylic acids is 3. The van der Waals surface area contributed by atoms with Gasteiger partial charge in [0, 0.05) is 19.0 Å². The Bertz CT molecular complexity index is 1960. The van der Waals surface area contributed by atoms with Gasteiger partial charge in [0.1, 0.15) is 34.7 Å². The fourth-order valence-electron chi connectivity index (χ4n) is 5.19. The van der Waals surface area contributed by atoms with E-state index < -0.39 is 56.3 Å². The largest absolute Gasteiger partial charge is 0.459 e. The molecule has 1 amide bonds. The summed E-state index contributed by atoms with van der Waals surface area (Å²) in [6.45, 7) is 9.78. The van der Waals surface area contributed by atoms with Gasteiger partial charge in [-0.3, -0.25) is 9.69 Å². The molecule has 1 N–H and O–H groups in total. The maximum Gasteiger partial charge on any atom is 0.414 e. The van der Waals surface area contributed by atoms with E-state index in [9.17, 15) is 22.8 Å². The van der Waals surface area contributed by atoms with Gasteiger partial charge in [-0.2, -0.15) is 4.72 Å². The lowest BCUT2D eigenvalue weighted by Gasteiger charge is -2.30. The smallest absolute Gasteiger partial charge is 0.414 e. The van der Waals surface area contributed by atoms with Crippen LogP contribution in [-0.2, 0) is 30.9 Å². The van der Waals surface area contributed by atoms with E-state index in [0.29, 0.717) is 11.1 Å². The molecular weight excluding hydrogens is 663 g/mol. The SMILES string of the molecule is Cc1ccc(F)c(C(C)[C@H](NS(=O)(=O)c2ccc(OC(=O)c3ccccc3)cc2N(C)C(=O)OCc2ccccc2)C(=O)OC(C)(C)C)c1C. The Morgan fingerprint density at radius 3 is 2.14 bits per heavy atom. The molecule has 0 fully saturated rings. The molecular formula is C38H41FN2O8S. The Hall–Kier alpha value is -5.07. The number of anilines is 1. The first-order valence-electron chi connectivity index (χ1n) is 15.8. The van der Waals surface area contributed by atoms with Gasteiger partial charge in [-0.05, 0) is 87.2 Å². The van der Waals surface area contributed by atoms with Gasteiger partial charge in [-0.25, -0.2) is 22.4 Å². The zero-order chi connectivity index (χ0) is 36.8. The number of halogens is 1. The number of aryl methyl sites for hydroxylation is 1. The number of nitrogens with one attached hydrogen (secondary N) is 1. The third-order valence-corrected chi connectivity index (χ3v) is 9.40. The van der Waals surface area contributed by atoms with Gasteiger partial charge in [-0.15, -0.1) is 0 Å². The molecule has 4 rings (SSSR count). The Balaban J connectivity index is 1.76. The van der Waals surface area contributed by atoms with E-state index in [1.54, 1.807) is 95.3 Å². The first kappa shape index (κ1) is 37.7. The summed E-state index contributed by atoms with van der Waals surface area (Å²) < 4.78 is 62.8. The number of esters is 2. The number of benzene rings is 4. The summed E-state index contributed by atoms with van der Waals surface area (Å²) in [7, 11) is -3.39. The zero-order valence-corrected chi connectivity index (χ0v) is 29.8. The highest BCUT2D eigenvalue weighted by Gasteiger charge is 2.38. The minimum absolute atomic E-state index is 0.0648. The number of carbonyl (C=O) groups is 3. The summed E-state index contributed by atoms with van der Waals surface area (Å²) in [5, 5.41) is 0. The minimum atomic E-state index is -4.69. The van der Waals surface area contributed by atoms with Crippen LogP contribution in [0.5, 0.6) is 5.75 Å². The summed E-state index contributed by atoms with van der Waals surface area (Å²) in [4.78, 5) is 40.3. The van der Waals surface area contributed by atoms with E-state index in [0.717, 1.165) is 16.5 Å². The Morgan fingerprint density at radius 2 is 1.52 bits per heavy atom. The fraction of sp³-hybridized carbons (Fsp3) is 0.289. The maximum atomic E-state index is 15.3. The molecule has 50 heavy (non-hydrogen) atoms. The first-order valence-corrected chi connectivity index (χ1v) is 17.3. The van der Waals surface area contributed by atoms with E-state index in [-0.39, 0.29) is 29.2 Å². The first-order chi connectivity index (χ1) is 23.5. The van der Waals surface area contributed by atoms with Gasteiger partial charge in [0.25, 0.3) is 0 Å². The van der Waals surface area contributed by atoms with Gasteiger partial charge in [-0.1, -0.05) is 61.5 Å². The topological polar surface area (TPSA) is 128 Å². The Morgan fingerprint density at radius 1 is 0.900 bits per heavy atom. The van der Waals surface area contributed by atoms with Crippen molar-refractivity contribution in [1.82, 2.24) is 4.72 Å². The van der Waals surface area contributed by atoms with Crippen molar-refractivity contribution in [2.45, 2.75) is 70.6 Å². The van der Waals surface area contributed by atoms with Crippen molar-refractivity contribution < 1.29 is 41.4 Å². The molecule has 0 radical (unpaired) electrons. The molecule has 4 aromatic carbocycles. The fourth-order valence-corrected chi connectivity index (χ4v) is 6.67. The van der Waals surface area contributed by atoms with E-state index in [2.05, 4.69) is 4.72 Å². The molecule has 264 valence electrons. The second-order valence-electron chi connectivity index (χ2n) is 12.8. The molecule has 1 unspecified atom stereocenters. The molecule has 0 aliphatic heterocycles. The van der Waals surface area contributed by atoms with Crippen LogP contribution in [0.1, 0.15) is 66.2 Å². The highest BCUT2D eigenvalue weighted by molar-refractivity contribution is 7.89. The lowest BCUT2D eigenvalue weighted by Crippen LogP contribution is -2.47. The monoisotopic (exact) mass is 704 g/mol. The molecule has 12 heteroatoms. The van der Waals surface area contributed by atoms with E-state index in [1.165, 1.54) is 32.2 Å². The molecule has 0 aromatic heterocycles. The van der Waals surface area contributed by atoms with Crippen molar-refractivity contribution in [2.24, 2.45) is 0 Å². The van der Waals surface area contributed by atoms with E-state index >= 15 is 4.39 Å². The number of rotatable bonds is 11. The minimum Gasteiger partial charge on any atom is -0.459 e. The molecule has 0 saturated carbocycles. The summed E-state index contributed by atoms with van der Waals surface area (Å²) in [5.74, 6) is -3.35. The van der Waals surface area contributed by atoms with Crippen molar-refractivity contribution in [2.75, 3.05) is 11.9 Å². The highest BCUT2D eigenvalue weighted by Crippen LogP contribution is 2.33. The van der Waals surface area contributed by atoms with Crippen LogP contribution in [0.25, 0.3) is 0 Å². The summed E-state index contributed by atoms with van der Waals surface area (Å²) >= 11 is 0. The second kappa shape index (κ2) is 15.6. The summed E-state index contributed by atoms with van der Waals surface area (Å²) in [5.41, 5.74) is 1.17. The van der Waals surface area contributed by atoms with Crippen molar-refractivity contribution in [3.8, 4) is 5.75 Å². The lowest BCUT2D eigenvalue weighted by atomic mass is 9.88. The van der Waals surface area contributed by atoms with Crippen LogP contribution in [0.15, 0.2) is 95.9 Å². The quantitative estimate of drug-likeness (QED) is 0.128. The van der Waals surface area contributed by atoms with Crippen molar-refractivity contribution in [3.05, 3.63) is 125 Å². The van der Waals surface area contributed by atoms with Crippen LogP contribution >= 0.6 is 0 Å². The van der Waals surface area contributed by atoms with Gasteiger partial charge < -0.3 is 14.2 Å². The van der Waals surface area contributed by atoms with Crippen LogP contribution in [0.3, 0.4) is 0 Å². The molecule has 0 heterocycles. The van der Waals surface area contributed by atoms with Crippen LogP contribution in [0, 0.1) is 19.7 Å². The molecule has 0 aliphatic carbocycles. The highest BCUT2D eigenvalue weighted by atomic mass is 32.2. The van der Waals surface area contributed by atoms with Crippen molar-refractivity contribution >= 4 is 33.7 Å². The molecule has 0 spiro atoms. The molecule has 2 atom stereocenters. The normalized spacial score (nSPS) is 12.8. The maximum absolute atomic E-state index is 15.3. The van der Waals surface area contributed by atoms with Gasteiger partial charge in [0.05, 0.1) is 11.3 Å². The Labute approximate surface area is 292 Å². The number of ether oxygens (including phenoxy) is 3. The predicted molar refractivity (Wildman–Crippen MR) is 187 cm³/mol. The standard InChI is InChI=1S/C38H41FN2O8S/c1-24-18-20-30(39)33(25(24)2)26(3)34(36(43)49-38(4,5)6)40-50(45,46)32-21-19-29(48-35(42)28-16-12-9-13-17-28)22-31(32)41(7)37(44)47-23-27-14-10-8-11-15-27/h8-22,26,34,40H,23H2,1-7H3/t26?,34-/m0/s1. The van der Waals surface area contributed by atoms with E-state index in [1.807, 2.05) is 6.07 Å². The third kappa shape index (κ3) is 9.33. The number of sulfonamides is 1. The Kier molecular flexibility index (Phi) is 11.8. The molecule has 0 bridgehead atoms. The van der Waals surface area contributed by atoms with Gasteiger partial charge in [0.15, 0.2) is 0 Å². The average Bonchev–Trinajstić information content (AvgIpc) is 3.07. The van der Waals surface area contributed by atoms with Crippen LogP contribution in [0.4, 0.5) is 14.9 Å². The molecule has 10 nitrogen and oxygen atoms in total. The average molecular weight is 705 g/mol. The van der Waals surface area contributed by atoms with Crippen molar-refractivity contribution in [1.29, 1.82) is 0 Å².